The number of methoxy groups -OCH3 is 2. The topological polar surface area (TPSA) is 138 Å². The van der Waals surface area contributed by atoms with Crippen molar-refractivity contribution >= 4 is 5.97 Å². The van der Waals surface area contributed by atoms with Crippen molar-refractivity contribution in [3.63, 3.8) is 0 Å². The van der Waals surface area contributed by atoms with E-state index in [2.05, 4.69) is 11.0 Å². The van der Waals surface area contributed by atoms with Gasteiger partial charge in [-0.05, 0) is 61.2 Å². The maximum atomic E-state index is 11.4. The average molecular weight is 504 g/mol. The van der Waals surface area contributed by atoms with E-state index in [4.69, 9.17) is 18.9 Å². The molecule has 0 bridgehead atoms. The number of carboxylic acid groups (broad SMARTS) is 1. The summed E-state index contributed by atoms with van der Waals surface area (Å²) in [5.74, 6) is 0.380. The second-order valence-electron chi connectivity index (χ2n) is 9.21. The number of aliphatic hydroxyl groups excluding tert-OH is 3. The molecule has 10 heteroatoms. The van der Waals surface area contributed by atoms with Gasteiger partial charge in [0.25, 0.3) is 0 Å². The molecule has 2 heterocycles. The molecule has 5 atom stereocenters. The number of carboxylic acids is 1. The Morgan fingerprint density at radius 1 is 0.944 bits per heavy atom. The molecule has 0 spiro atoms. The standard InChI is InChI=1S/C26H33NO9/c1-27-11-10-16-12-17(35-26-22(30)20(28)21(29)24(36-26)25(31)32)8-6-14(16)4-5-15-7-9-19(33-2)23(34-3)18(15)13-27/h6-9,12,20-22,24,26,28-30H,4-5,10-11,13H2,1-3H3,(H,31,32)/t20-,21-,22+,24-,26+/m0/s1. The number of likely N-dealkylation sites (N-methyl/N-ethyl adjacent to an activating group) is 1. The maximum absolute atomic E-state index is 11.4. The van der Waals surface area contributed by atoms with Gasteiger partial charge in [0.15, 0.2) is 17.6 Å². The van der Waals surface area contributed by atoms with E-state index in [1.54, 1.807) is 20.3 Å². The van der Waals surface area contributed by atoms with E-state index in [9.17, 15) is 25.2 Å². The van der Waals surface area contributed by atoms with E-state index in [1.165, 1.54) is 5.56 Å². The monoisotopic (exact) mass is 503 g/mol. The SMILES string of the molecule is COc1ccc2c(c1OC)CN(C)CCc1cc(O[C@@H]3O[C@H](C(=O)O)[C@@H](O)[C@H](O)[C@H]3O)ccc1CC2. The first kappa shape index (κ1) is 26.2. The highest BCUT2D eigenvalue weighted by Gasteiger charge is 2.48. The van der Waals surface area contributed by atoms with Gasteiger partial charge >= 0.3 is 5.97 Å². The van der Waals surface area contributed by atoms with Gasteiger partial charge in [-0.25, -0.2) is 4.79 Å². The van der Waals surface area contributed by atoms with Crippen molar-refractivity contribution in [2.24, 2.45) is 0 Å². The lowest BCUT2D eigenvalue weighted by molar-refractivity contribution is -0.271. The molecule has 0 unspecified atom stereocenters. The van der Waals surface area contributed by atoms with Gasteiger partial charge in [0.2, 0.25) is 6.29 Å². The third-order valence-corrected chi connectivity index (χ3v) is 6.84. The number of aryl methyl sites for hydroxylation is 2. The number of aliphatic hydroxyl groups is 3. The molecule has 0 radical (unpaired) electrons. The van der Waals surface area contributed by atoms with Crippen molar-refractivity contribution in [1.29, 1.82) is 0 Å². The number of carbonyl (C=O) groups is 1. The van der Waals surface area contributed by atoms with Crippen molar-refractivity contribution in [3.8, 4) is 17.2 Å². The van der Waals surface area contributed by atoms with E-state index in [-0.39, 0.29) is 0 Å². The first-order valence-electron chi connectivity index (χ1n) is 11.9. The zero-order valence-corrected chi connectivity index (χ0v) is 20.6. The van der Waals surface area contributed by atoms with E-state index in [1.807, 2.05) is 25.2 Å². The molecular weight excluding hydrogens is 470 g/mol. The number of ether oxygens (including phenoxy) is 4. The van der Waals surface area contributed by atoms with Crippen LogP contribution in [0, 0.1) is 0 Å². The smallest absolute Gasteiger partial charge is 0.335 e. The molecule has 2 aromatic carbocycles. The fourth-order valence-corrected chi connectivity index (χ4v) is 4.80. The second-order valence-corrected chi connectivity index (χ2v) is 9.21. The van der Waals surface area contributed by atoms with Gasteiger partial charge in [0.05, 0.1) is 14.2 Å². The van der Waals surface area contributed by atoms with Crippen LogP contribution < -0.4 is 14.2 Å². The van der Waals surface area contributed by atoms with Crippen LogP contribution in [0.3, 0.4) is 0 Å². The summed E-state index contributed by atoms with van der Waals surface area (Å²) >= 11 is 0. The largest absolute Gasteiger partial charge is 0.493 e. The molecule has 4 rings (SSSR count). The summed E-state index contributed by atoms with van der Waals surface area (Å²) in [6, 6.07) is 9.52. The van der Waals surface area contributed by atoms with Gasteiger partial charge in [-0.1, -0.05) is 12.1 Å². The Bertz CT molecular complexity index is 1090. The normalized spacial score (nSPS) is 26.9. The van der Waals surface area contributed by atoms with Gasteiger partial charge in [-0.15, -0.1) is 0 Å². The average Bonchev–Trinajstić information content (AvgIpc) is 2.86. The molecule has 4 N–H and O–H groups in total. The molecule has 2 aliphatic rings. The van der Waals surface area contributed by atoms with Crippen molar-refractivity contribution in [1.82, 2.24) is 4.90 Å². The Kier molecular flexibility index (Phi) is 8.01. The predicted octanol–water partition coefficient (Wildman–Crippen LogP) is 0.748. The molecule has 1 saturated heterocycles. The summed E-state index contributed by atoms with van der Waals surface area (Å²) < 4.78 is 22.2. The van der Waals surface area contributed by atoms with Crippen LogP contribution in [0.1, 0.15) is 22.3 Å². The Morgan fingerprint density at radius 2 is 1.67 bits per heavy atom. The number of hydrogen-bond acceptors (Lipinski definition) is 9. The van der Waals surface area contributed by atoms with Crippen LogP contribution in [0.15, 0.2) is 30.3 Å². The number of rotatable bonds is 5. The number of nitrogens with zero attached hydrogens (tertiary/aromatic N) is 1. The number of fused-ring (bicyclic) bond motifs is 2. The highest BCUT2D eigenvalue weighted by atomic mass is 16.7. The molecule has 1 fully saturated rings. The fraction of sp³-hybridized carbons (Fsp3) is 0.500. The lowest BCUT2D eigenvalue weighted by Gasteiger charge is -2.38. The Morgan fingerprint density at radius 3 is 2.36 bits per heavy atom. The Labute approximate surface area is 209 Å². The van der Waals surface area contributed by atoms with Gasteiger partial charge < -0.3 is 44.3 Å². The van der Waals surface area contributed by atoms with Crippen molar-refractivity contribution < 1.29 is 44.2 Å². The number of aliphatic carboxylic acids is 1. The van der Waals surface area contributed by atoms with Gasteiger partial charge in [0.1, 0.15) is 24.1 Å². The molecule has 0 aromatic heterocycles. The fourth-order valence-electron chi connectivity index (χ4n) is 4.80. The summed E-state index contributed by atoms with van der Waals surface area (Å²) in [6.45, 7) is 1.45. The predicted molar refractivity (Wildman–Crippen MR) is 128 cm³/mol. The molecule has 0 amide bonds. The van der Waals surface area contributed by atoms with Crippen molar-refractivity contribution in [2.45, 2.75) is 56.5 Å². The van der Waals surface area contributed by atoms with Crippen molar-refractivity contribution in [2.75, 3.05) is 27.8 Å². The lowest BCUT2D eigenvalue weighted by atomic mass is 9.93. The van der Waals surface area contributed by atoms with Crippen LogP contribution in [-0.2, 0) is 35.3 Å². The molecule has 10 nitrogen and oxygen atoms in total. The van der Waals surface area contributed by atoms with Crippen molar-refractivity contribution in [3.05, 3.63) is 52.6 Å². The Hall–Kier alpha value is -2.89. The van der Waals surface area contributed by atoms with Crippen LogP contribution in [0.4, 0.5) is 0 Å². The van der Waals surface area contributed by atoms with Crippen LogP contribution >= 0.6 is 0 Å². The third kappa shape index (κ3) is 5.28. The zero-order valence-electron chi connectivity index (χ0n) is 20.6. The minimum absolute atomic E-state index is 0.372. The van der Waals surface area contributed by atoms with Gasteiger partial charge in [0, 0.05) is 18.7 Å². The summed E-state index contributed by atoms with van der Waals surface area (Å²) in [5, 5.41) is 39.5. The van der Waals surface area contributed by atoms with Crippen LogP contribution in [0.25, 0.3) is 0 Å². The summed E-state index contributed by atoms with van der Waals surface area (Å²) in [7, 11) is 5.32. The molecule has 196 valence electrons. The maximum Gasteiger partial charge on any atom is 0.335 e. The Balaban J connectivity index is 1.57. The van der Waals surface area contributed by atoms with E-state index >= 15 is 0 Å². The molecule has 0 aliphatic carbocycles. The van der Waals surface area contributed by atoms with E-state index in [0.717, 1.165) is 48.2 Å². The van der Waals surface area contributed by atoms with Crippen LogP contribution in [0.2, 0.25) is 0 Å². The molecule has 0 saturated carbocycles. The second kappa shape index (κ2) is 11.0. The highest BCUT2D eigenvalue weighted by molar-refractivity contribution is 5.73. The minimum Gasteiger partial charge on any atom is -0.493 e. The summed E-state index contributed by atoms with van der Waals surface area (Å²) in [6.07, 6.45) is -5.93. The van der Waals surface area contributed by atoms with E-state index in [0.29, 0.717) is 18.0 Å². The zero-order chi connectivity index (χ0) is 26.0. The quantitative estimate of drug-likeness (QED) is 0.462. The molecule has 2 aromatic rings. The van der Waals surface area contributed by atoms with E-state index < -0.39 is 36.7 Å². The van der Waals surface area contributed by atoms with Crippen LogP contribution in [0.5, 0.6) is 17.2 Å². The third-order valence-electron chi connectivity index (χ3n) is 6.84. The first-order valence-corrected chi connectivity index (χ1v) is 11.9. The minimum atomic E-state index is -1.77. The molecule has 2 aliphatic heterocycles. The van der Waals surface area contributed by atoms with Gasteiger partial charge in [-0.2, -0.15) is 0 Å². The number of benzene rings is 2. The lowest BCUT2D eigenvalue weighted by Crippen LogP contribution is -2.61. The van der Waals surface area contributed by atoms with Gasteiger partial charge in [-0.3, -0.25) is 0 Å². The molecular formula is C26H33NO9. The summed E-state index contributed by atoms with van der Waals surface area (Å²) in [4.78, 5) is 13.6. The molecule has 36 heavy (non-hydrogen) atoms. The first-order chi connectivity index (χ1) is 17.2. The number of hydrogen-bond donors (Lipinski definition) is 4. The van der Waals surface area contributed by atoms with Crippen LogP contribution in [-0.4, -0.2) is 89.8 Å². The highest BCUT2D eigenvalue weighted by Crippen LogP contribution is 2.36. The summed E-state index contributed by atoms with van der Waals surface area (Å²) in [5.41, 5.74) is 4.49.